The predicted molar refractivity (Wildman–Crippen MR) is 67.2 cm³/mol. The average molecular weight is 264 g/mol. The first-order chi connectivity index (χ1) is 8.99. The van der Waals surface area contributed by atoms with Crippen molar-refractivity contribution in [2.45, 2.75) is 19.4 Å². The second-order valence-corrected chi connectivity index (χ2v) is 4.27. The topological polar surface area (TPSA) is 82.2 Å². The third kappa shape index (κ3) is 2.73. The van der Waals surface area contributed by atoms with Gasteiger partial charge in [0.2, 0.25) is 5.91 Å². The monoisotopic (exact) mass is 264 g/mol. The summed E-state index contributed by atoms with van der Waals surface area (Å²) >= 11 is 0. The quantitative estimate of drug-likeness (QED) is 0.781. The molecule has 3 N–H and O–H groups in total. The molecular formula is C13H13FN2O3. The van der Waals surface area contributed by atoms with Crippen LogP contribution < -0.4 is 5.32 Å². The van der Waals surface area contributed by atoms with E-state index in [9.17, 15) is 14.0 Å². The summed E-state index contributed by atoms with van der Waals surface area (Å²) in [6.07, 6.45) is 1.66. The molecule has 0 saturated heterocycles. The Morgan fingerprint density at radius 1 is 1.47 bits per heavy atom. The van der Waals surface area contributed by atoms with Crippen molar-refractivity contribution in [3.05, 3.63) is 35.8 Å². The molecule has 0 radical (unpaired) electrons. The molecule has 1 heterocycles. The first-order valence-electron chi connectivity index (χ1n) is 5.73. The lowest BCUT2D eigenvalue weighted by Crippen LogP contribution is -2.41. The minimum atomic E-state index is -1.12. The number of hydrogen-bond acceptors (Lipinski definition) is 2. The number of carbonyl (C=O) groups excluding carboxylic acids is 1. The molecule has 1 aromatic heterocycles. The van der Waals surface area contributed by atoms with Crippen molar-refractivity contribution in [1.29, 1.82) is 0 Å². The van der Waals surface area contributed by atoms with Crippen molar-refractivity contribution < 1.29 is 19.1 Å². The van der Waals surface area contributed by atoms with Gasteiger partial charge in [-0.05, 0) is 11.6 Å². The predicted octanol–water partition coefficient (Wildman–Crippen LogP) is 1.44. The number of halogens is 1. The van der Waals surface area contributed by atoms with Crippen LogP contribution in [0, 0.1) is 5.82 Å². The molecule has 0 aliphatic rings. The van der Waals surface area contributed by atoms with Gasteiger partial charge in [0, 0.05) is 24.9 Å². The highest BCUT2D eigenvalue weighted by molar-refractivity contribution is 5.86. The minimum absolute atomic E-state index is 0.0956. The number of para-hydroxylation sites is 1. The number of carboxylic acids is 1. The molecule has 5 nitrogen and oxygen atoms in total. The maximum Gasteiger partial charge on any atom is 0.326 e. The third-order valence-corrected chi connectivity index (χ3v) is 2.85. The van der Waals surface area contributed by atoms with Crippen LogP contribution in [0.25, 0.3) is 10.9 Å². The molecule has 0 aliphatic heterocycles. The number of carbonyl (C=O) groups is 2. The van der Waals surface area contributed by atoms with Gasteiger partial charge in [-0.25, -0.2) is 9.18 Å². The number of amides is 1. The summed E-state index contributed by atoms with van der Waals surface area (Å²) in [6, 6.07) is 3.56. The van der Waals surface area contributed by atoms with E-state index < -0.39 is 23.7 Å². The summed E-state index contributed by atoms with van der Waals surface area (Å²) in [7, 11) is 0. The first-order valence-corrected chi connectivity index (χ1v) is 5.73. The van der Waals surface area contributed by atoms with E-state index >= 15 is 0 Å². The van der Waals surface area contributed by atoms with Gasteiger partial charge in [-0.1, -0.05) is 12.1 Å². The zero-order valence-corrected chi connectivity index (χ0v) is 10.2. The van der Waals surface area contributed by atoms with Gasteiger partial charge in [0.05, 0.1) is 5.52 Å². The Balaban J connectivity index is 2.31. The molecule has 0 saturated carbocycles. The summed E-state index contributed by atoms with van der Waals surface area (Å²) in [5.74, 6) is -1.94. The summed E-state index contributed by atoms with van der Waals surface area (Å²) < 4.78 is 13.5. The number of nitrogens with one attached hydrogen (secondary N) is 2. The molecule has 1 amide bonds. The van der Waals surface area contributed by atoms with Crippen LogP contribution >= 0.6 is 0 Å². The van der Waals surface area contributed by atoms with Crippen LogP contribution in [0.4, 0.5) is 4.39 Å². The summed E-state index contributed by atoms with van der Waals surface area (Å²) in [6.45, 7) is 1.25. The van der Waals surface area contributed by atoms with Crippen LogP contribution in [0.5, 0.6) is 0 Å². The van der Waals surface area contributed by atoms with E-state index in [4.69, 9.17) is 5.11 Å². The molecule has 2 rings (SSSR count). The number of benzene rings is 1. The van der Waals surface area contributed by atoms with Crippen LogP contribution in [0.3, 0.4) is 0 Å². The van der Waals surface area contributed by atoms with Crippen LogP contribution in [0.15, 0.2) is 24.4 Å². The van der Waals surface area contributed by atoms with Crippen molar-refractivity contribution in [2.24, 2.45) is 0 Å². The van der Waals surface area contributed by atoms with Crippen molar-refractivity contribution in [2.75, 3.05) is 0 Å². The fraction of sp³-hybridized carbons (Fsp3) is 0.231. The largest absolute Gasteiger partial charge is 0.480 e. The van der Waals surface area contributed by atoms with Gasteiger partial charge in [-0.2, -0.15) is 0 Å². The second-order valence-electron chi connectivity index (χ2n) is 4.27. The summed E-state index contributed by atoms with van der Waals surface area (Å²) in [5, 5.41) is 12.0. The number of fused-ring (bicyclic) bond motifs is 1. The Hall–Kier alpha value is -2.37. The molecule has 0 spiro atoms. The standard InChI is InChI=1S/C13H13FN2O3/c1-7(17)16-11(13(18)19)5-8-6-15-12-9(8)3-2-4-10(12)14/h2-4,6,11,15H,5H2,1H3,(H,16,17)(H,18,19). The van der Waals surface area contributed by atoms with E-state index in [-0.39, 0.29) is 6.42 Å². The smallest absolute Gasteiger partial charge is 0.326 e. The number of aliphatic carboxylic acids is 1. The maximum absolute atomic E-state index is 13.5. The highest BCUT2D eigenvalue weighted by Crippen LogP contribution is 2.21. The van der Waals surface area contributed by atoms with Crippen LogP contribution in [0.1, 0.15) is 12.5 Å². The fourth-order valence-electron chi connectivity index (χ4n) is 2.01. The minimum Gasteiger partial charge on any atom is -0.480 e. The molecule has 1 unspecified atom stereocenters. The number of hydrogen-bond donors (Lipinski definition) is 3. The third-order valence-electron chi connectivity index (χ3n) is 2.85. The summed E-state index contributed by atoms with van der Waals surface area (Å²) in [5.41, 5.74) is 0.986. The molecule has 1 aromatic carbocycles. The van der Waals surface area contributed by atoms with Crippen LogP contribution in [-0.4, -0.2) is 28.0 Å². The van der Waals surface area contributed by atoms with Crippen molar-refractivity contribution >= 4 is 22.8 Å². The van der Waals surface area contributed by atoms with Gasteiger partial charge in [0.1, 0.15) is 11.9 Å². The van der Waals surface area contributed by atoms with E-state index in [1.54, 1.807) is 18.3 Å². The first kappa shape index (κ1) is 13.1. The Bertz CT molecular complexity index is 636. The van der Waals surface area contributed by atoms with Crippen LogP contribution in [0.2, 0.25) is 0 Å². The lowest BCUT2D eigenvalue weighted by Gasteiger charge is -2.12. The Morgan fingerprint density at radius 3 is 2.84 bits per heavy atom. The van der Waals surface area contributed by atoms with Gasteiger partial charge >= 0.3 is 5.97 Å². The lowest BCUT2D eigenvalue weighted by atomic mass is 10.0. The zero-order valence-electron chi connectivity index (χ0n) is 10.2. The number of rotatable bonds is 4. The van der Waals surface area contributed by atoms with E-state index in [0.29, 0.717) is 16.5 Å². The number of aromatic nitrogens is 1. The lowest BCUT2D eigenvalue weighted by molar-refractivity contribution is -0.141. The highest BCUT2D eigenvalue weighted by Gasteiger charge is 2.20. The maximum atomic E-state index is 13.5. The van der Waals surface area contributed by atoms with Gasteiger partial charge in [-0.3, -0.25) is 4.79 Å². The SMILES string of the molecule is CC(=O)NC(Cc1c[nH]c2c(F)cccc12)C(=O)O. The zero-order chi connectivity index (χ0) is 14.0. The molecule has 19 heavy (non-hydrogen) atoms. The van der Waals surface area contributed by atoms with Gasteiger partial charge in [0.25, 0.3) is 0 Å². The molecule has 0 fully saturated rings. The highest BCUT2D eigenvalue weighted by atomic mass is 19.1. The molecular weight excluding hydrogens is 251 g/mol. The fourth-order valence-corrected chi connectivity index (χ4v) is 2.01. The Labute approximate surface area is 108 Å². The van der Waals surface area contributed by atoms with E-state index in [2.05, 4.69) is 10.3 Å². The average Bonchev–Trinajstić information content (AvgIpc) is 2.72. The number of carboxylic acid groups (broad SMARTS) is 1. The second kappa shape index (κ2) is 5.09. The number of aromatic amines is 1. The normalized spacial score (nSPS) is 12.3. The van der Waals surface area contributed by atoms with Gasteiger partial charge < -0.3 is 15.4 Å². The molecule has 0 aliphatic carbocycles. The molecule has 100 valence electrons. The van der Waals surface area contributed by atoms with E-state index in [1.807, 2.05) is 0 Å². The molecule has 6 heteroatoms. The van der Waals surface area contributed by atoms with E-state index in [0.717, 1.165) is 0 Å². The molecule has 0 bridgehead atoms. The Kier molecular flexibility index (Phi) is 3.50. The molecule has 1 atom stereocenters. The summed E-state index contributed by atoms with van der Waals surface area (Å²) in [4.78, 5) is 24.8. The van der Waals surface area contributed by atoms with Crippen molar-refractivity contribution in [1.82, 2.24) is 10.3 Å². The number of H-pyrrole nitrogens is 1. The van der Waals surface area contributed by atoms with Gasteiger partial charge in [-0.15, -0.1) is 0 Å². The van der Waals surface area contributed by atoms with Crippen molar-refractivity contribution in [3.63, 3.8) is 0 Å². The Morgan fingerprint density at radius 2 is 2.21 bits per heavy atom. The molecule has 2 aromatic rings. The van der Waals surface area contributed by atoms with Crippen LogP contribution in [-0.2, 0) is 16.0 Å². The van der Waals surface area contributed by atoms with E-state index in [1.165, 1.54) is 13.0 Å². The van der Waals surface area contributed by atoms with Gasteiger partial charge in [0.15, 0.2) is 0 Å². The van der Waals surface area contributed by atoms with Crippen molar-refractivity contribution in [3.8, 4) is 0 Å².